The molecule has 0 aromatic heterocycles. The van der Waals surface area contributed by atoms with Gasteiger partial charge in [0.15, 0.2) is 0 Å². The molecule has 0 fully saturated rings. The minimum atomic E-state index is 0.415. The molecule has 0 radical (unpaired) electrons. The van der Waals surface area contributed by atoms with Crippen molar-refractivity contribution in [2.24, 2.45) is 0 Å². The molecule has 0 bridgehead atoms. The average Bonchev–Trinajstić information content (AvgIpc) is 2.89. The predicted octanol–water partition coefficient (Wildman–Crippen LogP) is 7.79. The van der Waals surface area contributed by atoms with Gasteiger partial charge in [0.25, 0.3) is 0 Å². The number of hydrogen-bond donors (Lipinski definition) is 0. The topological polar surface area (TPSA) is 9.23 Å². The predicted molar refractivity (Wildman–Crippen MR) is 139 cm³/mol. The summed E-state index contributed by atoms with van der Waals surface area (Å²) in [5.74, 6) is 0.831. The lowest BCUT2D eigenvalue weighted by atomic mass is 9.92. The molecule has 0 amide bonds. The lowest BCUT2D eigenvalue weighted by Gasteiger charge is -2.13. The van der Waals surface area contributed by atoms with Crippen molar-refractivity contribution in [2.45, 2.75) is 38.5 Å². The van der Waals surface area contributed by atoms with E-state index in [0.29, 0.717) is 11.8 Å². The van der Waals surface area contributed by atoms with E-state index in [2.05, 4.69) is 123 Å². The van der Waals surface area contributed by atoms with Crippen LogP contribution in [0, 0.1) is 0 Å². The summed E-state index contributed by atoms with van der Waals surface area (Å²) in [6.07, 6.45) is 1.90. The zero-order valence-electron chi connectivity index (χ0n) is 19.8. The molecule has 0 aliphatic rings. The smallest absolute Gasteiger partial charge is 0.0506 e. The highest BCUT2D eigenvalue weighted by Crippen LogP contribution is 2.25. The van der Waals surface area contributed by atoms with E-state index in [-0.39, 0.29) is 0 Å². The van der Waals surface area contributed by atoms with Crippen molar-refractivity contribution in [2.75, 3.05) is 13.2 Å². The third-order valence-corrected chi connectivity index (χ3v) is 6.63. The van der Waals surface area contributed by atoms with E-state index in [1.54, 1.807) is 0 Å². The maximum Gasteiger partial charge on any atom is 0.0506 e. The first-order valence-electron chi connectivity index (χ1n) is 12.1. The summed E-state index contributed by atoms with van der Waals surface area (Å²) in [4.78, 5) is 0. The molecule has 0 aliphatic heterocycles. The van der Waals surface area contributed by atoms with Crippen LogP contribution in [-0.2, 0) is 17.6 Å². The summed E-state index contributed by atoms with van der Waals surface area (Å²) in [7, 11) is 0. The number of benzene rings is 4. The van der Waals surface area contributed by atoms with Crippen molar-refractivity contribution >= 4 is 0 Å². The van der Waals surface area contributed by atoms with Gasteiger partial charge < -0.3 is 4.74 Å². The van der Waals surface area contributed by atoms with Crippen LogP contribution in [0.3, 0.4) is 0 Å². The first-order valence-corrected chi connectivity index (χ1v) is 12.1. The average molecular weight is 435 g/mol. The summed E-state index contributed by atoms with van der Waals surface area (Å²) in [5.41, 5.74) is 8.09. The molecule has 1 heteroatoms. The molecule has 4 aromatic carbocycles. The molecule has 0 N–H and O–H groups in total. The molecule has 168 valence electrons. The minimum Gasteiger partial charge on any atom is -0.381 e. The second kappa shape index (κ2) is 11.6. The quantitative estimate of drug-likeness (QED) is 0.231. The Morgan fingerprint density at radius 3 is 1.15 bits per heavy atom. The standard InChI is InChI=1S/C32H34O/c1-25(29-9-5-3-6-10-29)31-17-13-27(14-18-31)21-23-33-24-22-28-15-19-32(20-16-28)26(2)30-11-7-4-8-12-30/h3-20,25-26H,21-24H2,1-2H3. The summed E-state index contributed by atoms with van der Waals surface area (Å²) in [6, 6.07) is 39.3. The van der Waals surface area contributed by atoms with Crippen molar-refractivity contribution in [3.63, 3.8) is 0 Å². The van der Waals surface area contributed by atoms with Crippen molar-refractivity contribution < 1.29 is 4.74 Å². The molecule has 0 spiro atoms. The normalized spacial score (nSPS) is 12.9. The van der Waals surface area contributed by atoms with Crippen LogP contribution in [0.5, 0.6) is 0 Å². The Balaban J connectivity index is 1.19. The van der Waals surface area contributed by atoms with Gasteiger partial charge in [-0.1, -0.05) is 123 Å². The lowest BCUT2D eigenvalue weighted by Crippen LogP contribution is -2.04. The third kappa shape index (κ3) is 6.43. The molecular formula is C32H34O. The second-order valence-corrected chi connectivity index (χ2v) is 8.86. The lowest BCUT2D eigenvalue weighted by molar-refractivity contribution is 0.140. The Hall–Kier alpha value is -3.16. The van der Waals surface area contributed by atoms with E-state index in [1.807, 2.05) is 0 Å². The van der Waals surface area contributed by atoms with Crippen LogP contribution in [0.2, 0.25) is 0 Å². The van der Waals surface area contributed by atoms with Crippen LogP contribution in [0.25, 0.3) is 0 Å². The van der Waals surface area contributed by atoms with E-state index in [1.165, 1.54) is 33.4 Å². The molecule has 0 saturated heterocycles. The molecule has 33 heavy (non-hydrogen) atoms. The van der Waals surface area contributed by atoms with E-state index < -0.39 is 0 Å². The molecule has 1 nitrogen and oxygen atoms in total. The van der Waals surface area contributed by atoms with Crippen molar-refractivity contribution in [1.82, 2.24) is 0 Å². The highest BCUT2D eigenvalue weighted by Gasteiger charge is 2.09. The molecule has 0 aliphatic carbocycles. The van der Waals surface area contributed by atoms with Gasteiger partial charge in [0, 0.05) is 11.8 Å². The summed E-state index contributed by atoms with van der Waals surface area (Å²) in [5, 5.41) is 0. The largest absolute Gasteiger partial charge is 0.381 e. The van der Waals surface area contributed by atoms with Crippen LogP contribution in [0.15, 0.2) is 109 Å². The molecule has 2 unspecified atom stereocenters. The van der Waals surface area contributed by atoms with Gasteiger partial charge >= 0.3 is 0 Å². The molecule has 4 aromatic rings. The Bertz CT molecular complexity index is 992. The zero-order valence-corrected chi connectivity index (χ0v) is 19.8. The fraction of sp³-hybridized carbons (Fsp3) is 0.250. The highest BCUT2D eigenvalue weighted by molar-refractivity contribution is 5.34. The van der Waals surface area contributed by atoms with Crippen LogP contribution in [0.1, 0.15) is 59.1 Å². The summed E-state index contributed by atoms with van der Waals surface area (Å²) < 4.78 is 5.94. The Morgan fingerprint density at radius 2 is 0.788 bits per heavy atom. The van der Waals surface area contributed by atoms with Crippen molar-refractivity contribution in [1.29, 1.82) is 0 Å². The van der Waals surface area contributed by atoms with E-state index >= 15 is 0 Å². The van der Waals surface area contributed by atoms with Gasteiger partial charge in [-0.2, -0.15) is 0 Å². The van der Waals surface area contributed by atoms with Crippen molar-refractivity contribution in [3.8, 4) is 0 Å². The van der Waals surface area contributed by atoms with Crippen LogP contribution < -0.4 is 0 Å². The van der Waals surface area contributed by atoms with Gasteiger partial charge in [0.1, 0.15) is 0 Å². The first-order chi connectivity index (χ1) is 16.2. The van der Waals surface area contributed by atoms with Crippen LogP contribution in [0.4, 0.5) is 0 Å². The number of hydrogen-bond acceptors (Lipinski definition) is 1. The third-order valence-electron chi connectivity index (χ3n) is 6.63. The maximum atomic E-state index is 5.94. The van der Waals surface area contributed by atoms with E-state index in [4.69, 9.17) is 4.74 Å². The Kier molecular flexibility index (Phi) is 8.11. The molecular weight excluding hydrogens is 400 g/mol. The fourth-order valence-corrected chi connectivity index (χ4v) is 4.30. The van der Waals surface area contributed by atoms with Gasteiger partial charge in [-0.15, -0.1) is 0 Å². The summed E-state index contributed by atoms with van der Waals surface area (Å²) in [6.45, 7) is 6.05. The number of rotatable bonds is 10. The Morgan fingerprint density at radius 1 is 0.455 bits per heavy atom. The Labute approximate surface area is 199 Å². The summed E-state index contributed by atoms with van der Waals surface area (Å²) >= 11 is 0. The van der Waals surface area contributed by atoms with Crippen molar-refractivity contribution in [3.05, 3.63) is 143 Å². The fourth-order valence-electron chi connectivity index (χ4n) is 4.30. The van der Waals surface area contributed by atoms with Gasteiger partial charge in [0.05, 0.1) is 13.2 Å². The number of ether oxygens (including phenoxy) is 1. The van der Waals surface area contributed by atoms with Gasteiger partial charge in [-0.05, 0) is 46.2 Å². The van der Waals surface area contributed by atoms with E-state index in [9.17, 15) is 0 Å². The van der Waals surface area contributed by atoms with Gasteiger partial charge in [-0.3, -0.25) is 0 Å². The molecule has 4 rings (SSSR count). The molecule has 0 heterocycles. The van der Waals surface area contributed by atoms with Gasteiger partial charge in [0.2, 0.25) is 0 Å². The minimum absolute atomic E-state index is 0.415. The van der Waals surface area contributed by atoms with Gasteiger partial charge in [-0.25, -0.2) is 0 Å². The zero-order chi connectivity index (χ0) is 22.9. The second-order valence-electron chi connectivity index (χ2n) is 8.86. The van der Waals surface area contributed by atoms with Crippen LogP contribution >= 0.6 is 0 Å². The maximum absolute atomic E-state index is 5.94. The molecule has 2 atom stereocenters. The van der Waals surface area contributed by atoms with Crippen LogP contribution in [-0.4, -0.2) is 13.2 Å². The molecule has 0 saturated carbocycles. The highest BCUT2D eigenvalue weighted by atomic mass is 16.5. The van der Waals surface area contributed by atoms with E-state index in [0.717, 1.165) is 26.1 Å². The SMILES string of the molecule is CC(c1ccccc1)c1ccc(CCOCCc2ccc(C(C)c3ccccc3)cc2)cc1. The first kappa shape index (κ1) is 23.0. The monoisotopic (exact) mass is 434 g/mol.